The van der Waals surface area contributed by atoms with Gasteiger partial charge in [-0.05, 0) is 75.8 Å². The zero-order valence-electron chi connectivity index (χ0n) is 11.9. The van der Waals surface area contributed by atoms with Gasteiger partial charge in [0.15, 0.2) is 0 Å². The molecular weight excluding hydrogens is 238 g/mol. The van der Waals surface area contributed by atoms with Crippen molar-refractivity contribution >= 4 is 5.97 Å². The van der Waals surface area contributed by atoms with Crippen LogP contribution in [0.2, 0.25) is 0 Å². The van der Waals surface area contributed by atoms with Crippen LogP contribution in [0.3, 0.4) is 0 Å². The van der Waals surface area contributed by atoms with Crippen LogP contribution in [-0.4, -0.2) is 35.1 Å². The van der Waals surface area contributed by atoms with Crippen LogP contribution in [0.25, 0.3) is 0 Å². The molecule has 0 aromatic heterocycles. The Morgan fingerprint density at radius 3 is 2.79 bits per heavy atom. The molecule has 3 heteroatoms. The van der Waals surface area contributed by atoms with Crippen molar-refractivity contribution in [1.29, 1.82) is 0 Å². The van der Waals surface area contributed by atoms with Crippen molar-refractivity contribution < 1.29 is 9.90 Å². The third-order valence-corrected chi connectivity index (χ3v) is 5.79. The highest BCUT2D eigenvalue weighted by Crippen LogP contribution is 2.50. The number of hydrogen-bond acceptors (Lipinski definition) is 2. The number of aliphatic carboxylic acids is 1. The Hall–Kier alpha value is -0.570. The lowest BCUT2D eigenvalue weighted by atomic mass is 9.83. The van der Waals surface area contributed by atoms with Crippen LogP contribution < -0.4 is 0 Å². The smallest absolute Gasteiger partial charge is 0.303 e. The van der Waals surface area contributed by atoms with Crippen molar-refractivity contribution in [3.05, 3.63) is 0 Å². The molecule has 108 valence electrons. The first-order chi connectivity index (χ1) is 9.22. The van der Waals surface area contributed by atoms with Gasteiger partial charge < -0.3 is 10.0 Å². The first-order valence-electron chi connectivity index (χ1n) is 8.18. The van der Waals surface area contributed by atoms with Crippen LogP contribution in [0, 0.1) is 17.8 Å². The number of carboxylic acid groups (broad SMARTS) is 1. The number of carbonyl (C=O) groups is 1. The molecule has 3 nitrogen and oxygen atoms in total. The lowest BCUT2D eigenvalue weighted by Gasteiger charge is -2.30. The average molecular weight is 265 g/mol. The highest BCUT2D eigenvalue weighted by molar-refractivity contribution is 5.66. The van der Waals surface area contributed by atoms with E-state index in [2.05, 4.69) is 4.90 Å². The Morgan fingerprint density at radius 1 is 1.21 bits per heavy atom. The van der Waals surface area contributed by atoms with Crippen molar-refractivity contribution in [1.82, 2.24) is 4.90 Å². The number of fused-ring (bicyclic) bond motifs is 2. The summed E-state index contributed by atoms with van der Waals surface area (Å²) < 4.78 is 0. The van der Waals surface area contributed by atoms with Gasteiger partial charge in [-0.25, -0.2) is 0 Å². The van der Waals surface area contributed by atoms with E-state index in [0.717, 1.165) is 36.8 Å². The van der Waals surface area contributed by atoms with E-state index in [-0.39, 0.29) is 0 Å². The number of nitrogens with zero attached hydrogens (tertiary/aromatic N) is 1. The first-order valence-corrected chi connectivity index (χ1v) is 8.18. The van der Waals surface area contributed by atoms with Crippen molar-refractivity contribution in [3.8, 4) is 0 Å². The van der Waals surface area contributed by atoms with Gasteiger partial charge in [-0.15, -0.1) is 0 Å². The zero-order valence-corrected chi connectivity index (χ0v) is 11.9. The lowest BCUT2D eigenvalue weighted by molar-refractivity contribution is -0.137. The Kier molecular flexibility index (Phi) is 4.11. The molecule has 1 N–H and O–H groups in total. The summed E-state index contributed by atoms with van der Waals surface area (Å²) in [5.41, 5.74) is 0. The summed E-state index contributed by atoms with van der Waals surface area (Å²) in [4.78, 5) is 13.2. The Morgan fingerprint density at radius 2 is 2.11 bits per heavy atom. The minimum absolute atomic E-state index is 0.331. The van der Waals surface area contributed by atoms with E-state index < -0.39 is 5.97 Å². The predicted molar refractivity (Wildman–Crippen MR) is 75.0 cm³/mol. The van der Waals surface area contributed by atoms with E-state index in [1.807, 2.05) is 0 Å². The molecule has 4 unspecified atom stereocenters. The summed E-state index contributed by atoms with van der Waals surface area (Å²) in [6, 6.07) is 0.762. The van der Waals surface area contributed by atoms with Gasteiger partial charge in [-0.1, -0.05) is 6.42 Å². The van der Waals surface area contributed by atoms with Crippen LogP contribution in [-0.2, 0) is 4.79 Å². The third kappa shape index (κ3) is 3.13. The normalized spacial score (nSPS) is 38.1. The molecule has 0 amide bonds. The molecule has 2 saturated carbocycles. The number of rotatable bonds is 6. The number of carboxylic acids is 1. The molecule has 2 bridgehead atoms. The maximum Gasteiger partial charge on any atom is 0.303 e. The third-order valence-electron chi connectivity index (χ3n) is 5.79. The molecule has 0 aromatic carbocycles. The molecule has 1 heterocycles. The van der Waals surface area contributed by atoms with Gasteiger partial charge in [-0.2, -0.15) is 0 Å². The van der Waals surface area contributed by atoms with Crippen molar-refractivity contribution in [2.75, 3.05) is 13.1 Å². The minimum atomic E-state index is -0.649. The maximum atomic E-state index is 10.6. The number of likely N-dealkylation sites (tertiary alicyclic amines) is 1. The lowest BCUT2D eigenvalue weighted by Crippen LogP contribution is -2.33. The minimum Gasteiger partial charge on any atom is -0.481 e. The molecule has 3 fully saturated rings. The van der Waals surface area contributed by atoms with Gasteiger partial charge in [0.1, 0.15) is 0 Å². The largest absolute Gasteiger partial charge is 0.481 e. The fourth-order valence-corrected chi connectivity index (χ4v) is 4.90. The average Bonchev–Trinajstić information content (AvgIpc) is 3.06. The zero-order chi connectivity index (χ0) is 13.2. The standard InChI is InChI=1S/C16H27NO2/c18-16(19)4-2-8-17-7-1-3-15(17)11-14-10-12-5-6-13(14)9-12/h12-15H,1-11H2,(H,18,19). The molecule has 3 aliphatic rings. The summed E-state index contributed by atoms with van der Waals surface area (Å²) in [5.74, 6) is 2.43. The van der Waals surface area contributed by atoms with E-state index >= 15 is 0 Å². The van der Waals surface area contributed by atoms with Gasteiger partial charge in [-0.3, -0.25) is 4.79 Å². The van der Waals surface area contributed by atoms with Gasteiger partial charge >= 0.3 is 5.97 Å². The Labute approximate surface area is 116 Å². The molecule has 4 atom stereocenters. The SMILES string of the molecule is O=C(O)CCCN1CCCC1CC1CC2CCC1C2. The van der Waals surface area contributed by atoms with Crippen molar-refractivity contribution in [3.63, 3.8) is 0 Å². The second-order valence-electron chi connectivity index (χ2n) is 7.00. The quantitative estimate of drug-likeness (QED) is 0.802. The molecule has 3 rings (SSSR count). The second-order valence-corrected chi connectivity index (χ2v) is 7.00. The molecule has 19 heavy (non-hydrogen) atoms. The summed E-state index contributed by atoms with van der Waals surface area (Å²) in [6.07, 6.45) is 11.2. The fraction of sp³-hybridized carbons (Fsp3) is 0.938. The second kappa shape index (κ2) is 5.82. The van der Waals surface area contributed by atoms with E-state index in [1.54, 1.807) is 0 Å². The Balaban J connectivity index is 1.45. The van der Waals surface area contributed by atoms with E-state index in [1.165, 1.54) is 51.5 Å². The summed E-state index contributed by atoms with van der Waals surface area (Å²) >= 11 is 0. The van der Waals surface area contributed by atoms with E-state index in [0.29, 0.717) is 6.42 Å². The molecule has 1 saturated heterocycles. The highest BCUT2D eigenvalue weighted by Gasteiger charge is 2.41. The topological polar surface area (TPSA) is 40.5 Å². The van der Waals surface area contributed by atoms with Crippen LogP contribution in [0.15, 0.2) is 0 Å². The van der Waals surface area contributed by atoms with Crippen LogP contribution in [0.1, 0.15) is 57.8 Å². The highest BCUT2D eigenvalue weighted by atomic mass is 16.4. The summed E-state index contributed by atoms with van der Waals surface area (Å²) in [7, 11) is 0. The molecule has 0 spiro atoms. The van der Waals surface area contributed by atoms with Gasteiger partial charge in [0.25, 0.3) is 0 Å². The fourth-order valence-electron chi connectivity index (χ4n) is 4.90. The van der Waals surface area contributed by atoms with Gasteiger partial charge in [0, 0.05) is 12.5 Å². The molecular formula is C16H27NO2. The van der Waals surface area contributed by atoms with Gasteiger partial charge in [0.2, 0.25) is 0 Å². The first kappa shape index (κ1) is 13.4. The van der Waals surface area contributed by atoms with Crippen LogP contribution in [0.4, 0.5) is 0 Å². The monoisotopic (exact) mass is 265 g/mol. The molecule has 0 radical (unpaired) electrons. The van der Waals surface area contributed by atoms with Crippen LogP contribution in [0.5, 0.6) is 0 Å². The Bertz CT molecular complexity index is 331. The number of hydrogen-bond donors (Lipinski definition) is 1. The maximum absolute atomic E-state index is 10.6. The summed E-state index contributed by atoms with van der Waals surface area (Å²) in [6.45, 7) is 2.20. The van der Waals surface area contributed by atoms with Crippen molar-refractivity contribution in [2.24, 2.45) is 17.8 Å². The molecule has 2 aliphatic carbocycles. The van der Waals surface area contributed by atoms with Crippen molar-refractivity contribution in [2.45, 2.75) is 63.8 Å². The molecule has 1 aliphatic heterocycles. The van der Waals surface area contributed by atoms with Gasteiger partial charge in [0.05, 0.1) is 0 Å². The molecule has 0 aromatic rings. The van der Waals surface area contributed by atoms with E-state index in [4.69, 9.17) is 5.11 Å². The van der Waals surface area contributed by atoms with E-state index in [9.17, 15) is 4.79 Å². The van der Waals surface area contributed by atoms with Crippen LogP contribution >= 0.6 is 0 Å². The predicted octanol–water partition coefficient (Wildman–Crippen LogP) is 3.14. The summed E-state index contributed by atoms with van der Waals surface area (Å²) in [5, 5.41) is 8.74.